The lowest BCUT2D eigenvalue weighted by atomic mass is 10.1. The molecule has 0 aliphatic heterocycles. The number of hydrogen-bond acceptors (Lipinski definition) is 7. The number of anilines is 5. The molecule has 0 spiro atoms. The van der Waals surface area contributed by atoms with Gasteiger partial charge in [-0.1, -0.05) is 12.1 Å². The van der Waals surface area contributed by atoms with E-state index in [0.29, 0.717) is 16.9 Å². The summed E-state index contributed by atoms with van der Waals surface area (Å²) in [5.41, 5.74) is 6.58. The number of esters is 1. The Morgan fingerprint density at radius 1 is 1.03 bits per heavy atom. The molecule has 1 heterocycles. The van der Waals surface area contributed by atoms with Gasteiger partial charge in [0.05, 0.1) is 23.4 Å². The molecule has 0 aliphatic rings. The van der Waals surface area contributed by atoms with Crippen LogP contribution < -0.4 is 16.4 Å². The summed E-state index contributed by atoms with van der Waals surface area (Å²) in [6.07, 6.45) is -3.19. The Balaban J connectivity index is 1.84. The molecule has 0 bridgehead atoms. The van der Waals surface area contributed by atoms with Crippen molar-refractivity contribution in [2.24, 2.45) is 0 Å². The first-order valence-corrected chi connectivity index (χ1v) is 8.87. The zero-order valence-corrected chi connectivity index (χ0v) is 15.8. The fraction of sp³-hybridized carbons (Fsp3) is 0.150. The Hall–Kier alpha value is -3.82. The van der Waals surface area contributed by atoms with Gasteiger partial charge in [-0.25, -0.2) is 14.8 Å². The second-order valence-corrected chi connectivity index (χ2v) is 6.08. The molecule has 0 radical (unpaired) electrons. The van der Waals surface area contributed by atoms with Crippen LogP contribution in [0.4, 0.5) is 41.9 Å². The van der Waals surface area contributed by atoms with Gasteiger partial charge in [-0.3, -0.25) is 0 Å². The van der Waals surface area contributed by atoms with E-state index >= 15 is 0 Å². The van der Waals surface area contributed by atoms with Gasteiger partial charge in [0.25, 0.3) is 0 Å². The zero-order valence-electron chi connectivity index (χ0n) is 15.8. The molecule has 3 aromatic rings. The number of ether oxygens (including phenoxy) is 1. The molecule has 2 aromatic carbocycles. The van der Waals surface area contributed by atoms with Gasteiger partial charge in [0, 0.05) is 5.69 Å². The van der Waals surface area contributed by atoms with Crippen molar-refractivity contribution >= 4 is 34.7 Å². The number of nitrogens with two attached hydrogens (primary N) is 1. The van der Waals surface area contributed by atoms with Crippen molar-refractivity contribution in [3.63, 3.8) is 0 Å². The van der Waals surface area contributed by atoms with E-state index < -0.39 is 17.7 Å². The van der Waals surface area contributed by atoms with Gasteiger partial charge in [0.1, 0.15) is 12.0 Å². The van der Waals surface area contributed by atoms with E-state index in [2.05, 4.69) is 20.6 Å². The van der Waals surface area contributed by atoms with Crippen LogP contribution in [-0.4, -0.2) is 22.5 Å². The van der Waals surface area contributed by atoms with E-state index in [1.165, 1.54) is 18.5 Å². The average Bonchev–Trinajstić information content (AvgIpc) is 2.71. The molecule has 4 N–H and O–H groups in total. The highest BCUT2D eigenvalue weighted by atomic mass is 19.4. The van der Waals surface area contributed by atoms with Gasteiger partial charge in [-0.05, 0) is 43.3 Å². The van der Waals surface area contributed by atoms with Crippen molar-refractivity contribution in [2.45, 2.75) is 13.1 Å². The lowest BCUT2D eigenvalue weighted by Gasteiger charge is -2.15. The number of hydrogen-bond donors (Lipinski definition) is 3. The fourth-order valence-corrected chi connectivity index (χ4v) is 2.58. The number of nitrogens with zero attached hydrogens (tertiary/aromatic N) is 2. The summed E-state index contributed by atoms with van der Waals surface area (Å²) < 4.78 is 43.2. The molecular formula is C20H18F3N5O2. The monoisotopic (exact) mass is 417 g/mol. The third-order valence-electron chi connectivity index (χ3n) is 4.03. The van der Waals surface area contributed by atoms with E-state index in [4.69, 9.17) is 10.5 Å². The highest BCUT2D eigenvalue weighted by molar-refractivity contribution is 5.97. The number of aromatic nitrogens is 2. The quantitative estimate of drug-likeness (QED) is 0.498. The van der Waals surface area contributed by atoms with Crippen LogP contribution in [0.15, 0.2) is 54.9 Å². The summed E-state index contributed by atoms with van der Waals surface area (Å²) in [5, 5.41) is 5.83. The Kier molecular flexibility index (Phi) is 6.05. The number of carbonyl (C=O) groups is 1. The summed E-state index contributed by atoms with van der Waals surface area (Å²) in [5.74, 6) is -0.0895. The zero-order chi connectivity index (χ0) is 21.7. The minimum absolute atomic E-state index is 0.121. The number of carbonyl (C=O) groups excluding carboxylic acids is 1. The minimum Gasteiger partial charge on any atom is -0.462 e. The van der Waals surface area contributed by atoms with Crippen LogP contribution in [0.5, 0.6) is 0 Å². The molecule has 0 aliphatic carbocycles. The molecule has 1 aromatic heterocycles. The first-order chi connectivity index (χ1) is 14.3. The summed E-state index contributed by atoms with van der Waals surface area (Å²) in [4.78, 5) is 20.2. The first kappa shape index (κ1) is 20.9. The number of rotatable bonds is 6. The number of para-hydroxylation sites is 1. The molecule has 0 amide bonds. The number of nitrogens with one attached hydrogen (secondary N) is 2. The van der Waals surface area contributed by atoms with Gasteiger partial charge in [0.15, 0.2) is 11.6 Å². The fourth-order valence-electron chi connectivity index (χ4n) is 2.58. The normalized spacial score (nSPS) is 11.1. The van der Waals surface area contributed by atoms with Gasteiger partial charge >= 0.3 is 12.1 Å². The summed E-state index contributed by atoms with van der Waals surface area (Å²) in [6, 6.07) is 11.1. The predicted molar refractivity (Wildman–Crippen MR) is 107 cm³/mol. The van der Waals surface area contributed by atoms with Crippen molar-refractivity contribution in [2.75, 3.05) is 23.0 Å². The smallest absolute Gasteiger partial charge is 0.416 e. The Morgan fingerprint density at radius 3 is 2.30 bits per heavy atom. The molecule has 0 fully saturated rings. The molecule has 3 rings (SSSR count). The van der Waals surface area contributed by atoms with E-state index in [-0.39, 0.29) is 23.9 Å². The van der Waals surface area contributed by atoms with Crippen LogP contribution >= 0.6 is 0 Å². The van der Waals surface area contributed by atoms with Crippen LogP contribution in [0.3, 0.4) is 0 Å². The first-order valence-electron chi connectivity index (χ1n) is 8.87. The van der Waals surface area contributed by atoms with E-state index in [0.717, 1.165) is 12.1 Å². The molecule has 30 heavy (non-hydrogen) atoms. The van der Waals surface area contributed by atoms with Crippen LogP contribution in [0, 0.1) is 0 Å². The number of alkyl halides is 3. The largest absolute Gasteiger partial charge is 0.462 e. The van der Waals surface area contributed by atoms with Crippen molar-refractivity contribution < 1.29 is 22.7 Å². The van der Waals surface area contributed by atoms with E-state index in [9.17, 15) is 18.0 Å². The second-order valence-electron chi connectivity index (χ2n) is 6.08. The maximum atomic E-state index is 12.7. The molecule has 156 valence electrons. The van der Waals surface area contributed by atoms with Crippen molar-refractivity contribution in [1.29, 1.82) is 0 Å². The van der Waals surface area contributed by atoms with Gasteiger partial charge in [0.2, 0.25) is 0 Å². The minimum atomic E-state index is -4.42. The standard InChI is InChI=1S/C20H18F3N5O2/c1-2-30-19(29)14-5-3-4-6-15(14)28-18-16(24)17(25-11-26-18)27-13-9-7-12(8-10-13)20(21,22)23/h3-11H,2,24H2,1H3,(H2,25,26,27,28). The van der Waals surface area contributed by atoms with Crippen LogP contribution in [-0.2, 0) is 10.9 Å². The summed E-state index contributed by atoms with van der Waals surface area (Å²) in [6.45, 7) is 1.93. The molecule has 0 unspecified atom stereocenters. The SMILES string of the molecule is CCOC(=O)c1ccccc1Nc1ncnc(Nc2ccc(C(F)(F)F)cc2)c1N. The third kappa shape index (κ3) is 4.77. The summed E-state index contributed by atoms with van der Waals surface area (Å²) >= 11 is 0. The highest BCUT2D eigenvalue weighted by Crippen LogP contribution is 2.32. The van der Waals surface area contributed by atoms with Gasteiger partial charge < -0.3 is 21.1 Å². The Morgan fingerprint density at radius 2 is 1.67 bits per heavy atom. The number of halogens is 3. The lowest BCUT2D eigenvalue weighted by molar-refractivity contribution is -0.137. The molecule has 0 saturated carbocycles. The van der Waals surface area contributed by atoms with Crippen molar-refractivity contribution in [1.82, 2.24) is 9.97 Å². The Bertz CT molecular complexity index is 1040. The van der Waals surface area contributed by atoms with Crippen molar-refractivity contribution in [3.05, 3.63) is 66.0 Å². The molecule has 7 nitrogen and oxygen atoms in total. The van der Waals surface area contributed by atoms with Crippen molar-refractivity contribution in [3.8, 4) is 0 Å². The third-order valence-corrected chi connectivity index (χ3v) is 4.03. The van der Waals surface area contributed by atoms with Crippen LogP contribution in [0.2, 0.25) is 0 Å². The number of benzene rings is 2. The molecule has 10 heteroatoms. The maximum Gasteiger partial charge on any atom is 0.416 e. The average molecular weight is 417 g/mol. The van der Waals surface area contributed by atoms with E-state index in [1.807, 2.05) is 0 Å². The Labute approximate surface area is 170 Å². The van der Waals surface area contributed by atoms with Gasteiger partial charge in [-0.2, -0.15) is 13.2 Å². The van der Waals surface area contributed by atoms with E-state index in [1.54, 1.807) is 31.2 Å². The maximum absolute atomic E-state index is 12.7. The highest BCUT2D eigenvalue weighted by Gasteiger charge is 2.30. The van der Waals surface area contributed by atoms with Crippen LogP contribution in [0.25, 0.3) is 0 Å². The van der Waals surface area contributed by atoms with Gasteiger partial charge in [-0.15, -0.1) is 0 Å². The van der Waals surface area contributed by atoms with Crippen LogP contribution in [0.1, 0.15) is 22.8 Å². The summed E-state index contributed by atoms with van der Waals surface area (Å²) in [7, 11) is 0. The lowest BCUT2D eigenvalue weighted by Crippen LogP contribution is -2.10. The molecule has 0 saturated heterocycles. The second kappa shape index (κ2) is 8.68. The molecule has 0 atom stereocenters. The predicted octanol–water partition coefficient (Wildman–Crippen LogP) is 4.74. The topological polar surface area (TPSA) is 102 Å². The molecular weight excluding hydrogens is 399 g/mol. The number of nitrogen functional groups attached to an aromatic ring is 1.